The average molecular weight is 579 g/mol. The minimum atomic E-state index is -1.12. The van der Waals surface area contributed by atoms with Crippen molar-refractivity contribution in [2.45, 2.75) is 25.7 Å². The summed E-state index contributed by atoms with van der Waals surface area (Å²) in [5.74, 6) is 0.984. The van der Waals surface area contributed by atoms with Gasteiger partial charge in [0.15, 0.2) is 0 Å². The monoisotopic (exact) mass is 578 g/mol. The second-order valence-electron chi connectivity index (χ2n) is 9.61. The Kier molecular flexibility index (Phi) is 8.00. The zero-order valence-corrected chi connectivity index (χ0v) is 24.4. The van der Waals surface area contributed by atoms with Crippen LogP contribution in [0.25, 0.3) is 21.9 Å². The molecule has 0 unspecified atom stereocenters. The maximum absolute atomic E-state index is 12.9. The normalized spacial score (nSPS) is 15.6. The van der Waals surface area contributed by atoms with E-state index in [1.54, 1.807) is 33.3 Å². The van der Waals surface area contributed by atoms with Crippen LogP contribution < -0.4 is 18.9 Å². The SMILES string of the molecule is COC(=O)c1c(C)cc2c(c1OC)-c1c(cc3c(OC)c(Cl)cc(OC)c3c1OC)[C@H](OCc1ccccc1)[C@H]2O. The summed E-state index contributed by atoms with van der Waals surface area (Å²) in [5.41, 5.74) is 3.98. The quantitative estimate of drug-likeness (QED) is 0.234. The molecule has 0 fully saturated rings. The molecule has 0 spiro atoms. The van der Waals surface area contributed by atoms with Gasteiger partial charge in [0.25, 0.3) is 0 Å². The van der Waals surface area contributed by atoms with Gasteiger partial charge >= 0.3 is 5.97 Å². The Hall–Kier alpha value is -3.98. The summed E-state index contributed by atoms with van der Waals surface area (Å²) >= 11 is 6.59. The molecule has 0 saturated heterocycles. The standard InChI is InChI=1S/C32H31ClO8/c1-16-12-18-25(30(38-4)23(16)32(35)40-6)26-20(29(27(18)34)41-15-17-10-8-7-9-11-17)13-19-24(31(26)39-5)22(36-2)14-21(33)28(19)37-3/h7-14,27,29,34H,15H2,1-6H3/t27-,29-/m0/s1. The van der Waals surface area contributed by atoms with Gasteiger partial charge < -0.3 is 33.5 Å². The molecule has 0 amide bonds. The van der Waals surface area contributed by atoms with Gasteiger partial charge in [0.05, 0.1) is 52.6 Å². The number of benzene rings is 4. The molecular weight excluding hydrogens is 548 g/mol. The third-order valence-electron chi connectivity index (χ3n) is 7.44. The summed E-state index contributed by atoms with van der Waals surface area (Å²) in [7, 11) is 7.40. The highest BCUT2D eigenvalue weighted by atomic mass is 35.5. The summed E-state index contributed by atoms with van der Waals surface area (Å²) in [4.78, 5) is 12.9. The number of carbonyl (C=O) groups excluding carboxylic acids is 1. The highest BCUT2D eigenvalue weighted by molar-refractivity contribution is 6.34. The van der Waals surface area contributed by atoms with Crippen LogP contribution in [-0.4, -0.2) is 46.6 Å². The Balaban J connectivity index is 1.91. The summed E-state index contributed by atoms with van der Waals surface area (Å²) in [5, 5.41) is 13.4. The minimum Gasteiger partial charge on any atom is -0.496 e. The Morgan fingerprint density at radius 3 is 2.12 bits per heavy atom. The van der Waals surface area contributed by atoms with Gasteiger partial charge in [-0.2, -0.15) is 0 Å². The molecule has 5 rings (SSSR count). The summed E-state index contributed by atoms with van der Waals surface area (Å²) in [6.45, 7) is 2.01. The Labute approximate surface area is 243 Å². The number of aliphatic hydroxyl groups is 1. The molecule has 4 aromatic rings. The second kappa shape index (κ2) is 11.5. The van der Waals surface area contributed by atoms with E-state index in [-0.39, 0.29) is 17.9 Å². The van der Waals surface area contributed by atoms with Crippen LogP contribution in [0.15, 0.2) is 48.5 Å². The van der Waals surface area contributed by atoms with E-state index in [2.05, 4.69) is 0 Å². The smallest absolute Gasteiger partial charge is 0.341 e. The minimum absolute atomic E-state index is 0.240. The first kappa shape index (κ1) is 28.5. The molecule has 0 bridgehead atoms. The van der Waals surface area contributed by atoms with Crippen molar-refractivity contribution in [1.82, 2.24) is 0 Å². The fourth-order valence-corrected chi connectivity index (χ4v) is 5.95. The molecule has 0 aromatic heterocycles. The van der Waals surface area contributed by atoms with Crippen LogP contribution in [0.5, 0.6) is 23.0 Å². The third-order valence-corrected chi connectivity index (χ3v) is 7.72. The van der Waals surface area contributed by atoms with E-state index in [4.69, 9.17) is 40.0 Å². The van der Waals surface area contributed by atoms with Crippen LogP contribution >= 0.6 is 11.6 Å². The lowest BCUT2D eigenvalue weighted by Crippen LogP contribution is -2.23. The molecule has 0 aliphatic heterocycles. The number of carbonyl (C=O) groups is 1. The van der Waals surface area contributed by atoms with Gasteiger partial charge in [-0.15, -0.1) is 0 Å². The first-order valence-electron chi connectivity index (χ1n) is 12.9. The van der Waals surface area contributed by atoms with Crippen molar-refractivity contribution in [2.24, 2.45) is 0 Å². The van der Waals surface area contributed by atoms with Crippen LogP contribution in [-0.2, 0) is 16.1 Å². The maximum Gasteiger partial charge on any atom is 0.341 e. The molecule has 0 saturated carbocycles. The van der Waals surface area contributed by atoms with Gasteiger partial charge in [-0.1, -0.05) is 48.0 Å². The molecular formula is C32H31ClO8. The lowest BCUT2D eigenvalue weighted by molar-refractivity contribution is -0.0509. The Morgan fingerprint density at radius 1 is 0.854 bits per heavy atom. The zero-order valence-electron chi connectivity index (χ0n) is 23.7. The van der Waals surface area contributed by atoms with Crippen LogP contribution in [0.4, 0.5) is 0 Å². The molecule has 9 heteroatoms. The molecule has 41 heavy (non-hydrogen) atoms. The van der Waals surface area contributed by atoms with E-state index < -0.39 is 18.2 Å². The van der Waals surface area contributed by atoms with E-state index >= 15 is 0 Å². The summed E-state index contributed by atoms with van der Waals surface area (Å²) in [6.07, 6.45) is -1.94. The van der Waals surface area contributed by atoms with Gasteiger partial charge in [0.1, 0.15) is 40.8 Å². The molecule has 4 aromatic carbocycles. The maximum atomic E-state index is 12.9. The first-order valence-corrected chi connectivity index (χ1v) is 13.3. The van der Waals surface area contributed by atoms with Gasteiger partial charge in [-0.3, -0.25) is 0 Å². The van der Waals surface area contributed by atoms with Gasteiger partial charge in [-0.05, 0) is 35.2 Å². The van der Waals surface area contributed by atoms with E-state index in [9.17, 15) is 9.90 Å². The number of fused-ring (bicyclic) bond motifs is 4. The number of hydrogen-bond donors (Lipinski definition) is 1. The molecule has 1 N–H and O–H groups in total. The van der Waals surface area contributed by atoms with Crippen molar-refractivity contribution in [3.63, 3.8) is 0 Å². The van der Waals surface area contributed by atoms with Crippen LogP contribution in [0.3, 0.4) is 0 Å². The fourth-order valence-electron chi connectivity index (χ4n) is 5.68. The summed E-state index contributed by atoms with van der Waals surface area (Å²) in [6, 6.07) is 15.0. The fraction of sp³-hybridized carbons (Fsp3) is 0.281. The van der Waals surface area contributed by atoms with Crippen LogP contribution in [0, 0.1) is 6.92 Å². The predicted molar refractivity (Wildman–Crippen MR) is 156 cm³/mol. The molecule has 214 valence electrons. The van der Waals surface area contributed by atoms with E-state index in [0.29, 0.717) is 60.9 Å². The highest BCUT2D eigenvalue weighted by Crippen LogP contribution is 2.58. The van der Waals surface area contributed by atoms with Crippen molar-refractivity contribution < 1.29 is 38.3 Å². The van der Waals surface area contributed by atoms with Crippen LogP contribution in [0.1, 0.15) is 44.8 Å². The van der Waals surface area contributed by atoms with Crippen molar-refractivity contribution in [2.75, 3.05) is 35.5 Å². The Bertz CT molecular complexity index is 1630. The number of halogens is 1. The number of aliphatic hydroxyl groups excluding tert-OH is 1. The summed E-state index contributed by atoms with van der Waals surface area (Å²) < 4.78 is 34.9. The molecule has 2 atom stereocenters. The van der Waals surface area contributed by atoms with Crippen molar-refractivity contribution in [3.05, 3.63) is 81.4 Å². The van der Waals surface area contributed by atoms with E-state index in [0.717, 1.165) is 5.56 Å². The number of ether oxygens (including phenoxy) is 6. The predicted octanol–water partition coefficient (Wildman–Crippen LogP) is 6.59. The highest BCUT2D eigenvalue weighted by Gasteiger charge is 2.41. The van der Waals surface area contributed by atoms with Gasteiger partial charge in [0.2, 0.25) is 0 Å². The van der Waals surface area contributed by atoms with Crippen molar-refractivity contribution in [3.8, 4) is 34.1 Å². The molecule has 1 aliphatic rings. The first-order chi connectivity index (χ1) is 19.8. The largest absolute Gasteiger partial charge is 0.496 e. The van der Waals surface area contributed by atoms with Gasteiger partial charge in [0, 0.05) is 22.6 Å². The zero-order chi connectivity index (χ0) is 29.4. The lowest BCUT2D eigenvalue weighted by Gasteiger charge is -2.35. The molecule has 0 radical (unpaired) electrons. The average Bonchev–Trinajstić information content (AvgIpc) is 2.99. The Morgan fingerprint density at radius 2 is 1.51 bits per heavy atom. The molecule has 1 aliphatic carbocycles. The number of esters is 1. The second-order valence-corrected chi connectivity index (χ2v) is 10.0. The van der Waals surface area contributed by atoms with Crippen molar-refractivity contribution in [1.29, 1.82) is 0 Å². The van der Waals surface area contributed by atoms with Crippen molar-refractivity contribution >= 4 is 28.3 Å². The number of aryl methyl sites for hydroxylation is 1. The molecule has 8 nitrogen and oxygen atoms in total. The van der Waals surface area contributed by atoms with E-state index in [1.807, 2.05) is 36.4 Å². The number of hydrogen-bond acceptors (Lipinski definition) is 8. The van der Waals surface area contributed by atoms with Crippen LogP contribution in [0.2, 0.25) is 5.02 Å². The van der Waals surface area contributed by atoms with Gasteiger partial charge in [-0.25, -0.2) is 4.79 Å². The lowest BCUT2D eigenvalue weighted by atomic mass is 9.77. The third kappa shape index (κ3) is 4.62. The number of methoxy groups -OCH3 is 5. The topological polar surface area (TPSA) is 92.7 Å². The number of rotatable bonds is 8. The van der Waals surface area contributed by atoms with E-state index in [1.165, 1.54) is 21.3 Å². The molecule has 0 heterocycles.